The van der Waals surface area contributed by atoms with Gasteiger partial charge in [-0.15, -0.1) is 0 Å². The summed E-state index contributed by atoms with van der Waals surface area (Å²) in [6.45, 7) is 0. The fraction of sp³-hybridized carbons (Fsp3) is 0. The van der Waals surface area contributed by atoms with Gasteiger partial charge >= 0.3 is 0 Å². The van der Waals surface area contributed by atoms with E-state index in [2.05, 4.69) is 0 Å². The lowest BCUT2D eigenvalue weighted by atomic mass is 9.96. The van der Waals surface area contributed by atoms with Gasteiger partial charge in [-0.05, 0) is 21.6 Å². The third kappa shape index (κ3) is 1.91. The molecule has 1 heteroatoms. The lowest BCUT2D eigenvalue weighted by molar-refractivity contribution is -0.108. The summed E-state index contributed by atoms with van der Waals surface area (Å²) < 4.78 is 0. The summed E-state index contributed by atoms with van der Waals surface area (Å²) in [5, 5.41) is 2.05. The van der Waals surface area contributed by atoms with Crippen LogP contribution in [0.15, 0.2) is 84.9 Å². The molecule has 1 nitrogen and oxygen atoms in total. The highest BCUT2D eigenvalue weighted by Crippen LogP contribution is 2.23. The van der Waals surface area contributed by atoms with Gasteiger partial charge in [-0.25, -0.2) is 0 Å². The molecule has 0 radical (unpaired) electrons. The SMILES string of the molecule is O=C1C(c2ccccc2)=c2ccccc2=C1c1ccccc1. The normalized spacial score (nSPS) is 13.4. The fourth-order valence-corrected chi connectivity index (χ4v) is 3.07. The molecule has 0 N–H and O–H groups in total. The molecule has 1 aliphatic carbocycles. The largest absolute Gasteiger partial charge is 0.289 e. The number of fused-ring (bicyclic) bond motifs is 1. The molecule has 0 bridgehead atoms. The Kier molecular flexibility index (Phi) is 2.97. The first-order valence-electron chi connectivity index (χ1n) is 7.35. The van der Waals surface area contributed by atoms with Crippen LogP contribution in [0.5, 0.6) is 0 Å². The first kappa shape index (κ1) is 12.8. The summed E-state index contributed by atoms with van der Waals surface area (Å²) in [7, 11) is 0. The second-order valence-corrected chi connectivity index (χ2v) is 5.36. The van der Waals surface area contributed by atoms with Crippen molar-refractivity contribution >= 4 is 16.9 Å². The third-order valence-corrected chi connectivity index (χ3v) is 4.04. The molecule has 0 atom stereocenters. The average Bonchev–Trinajstić information content (AvgIpc) is 2.88. The van der Waals surface area contributed by atoms with Crippen LogP contribution < -0.4 is 10.4 Å². The topological polar surface area (TPSA) is 17.1 Å². The van der Waals surface area contributed by atoms with Gasteiger partial charge in [0.15, 0.2) is 5.78 Å². The summed E-state index contributed by atoms with van der Waals surface area (Å²) >= 11 is 0. The van der Waals surface area contributed by atoms with Gasteiger partial charge in [0.25, 0.3) is 0 Å². The van der Waals surface area contributed by atoms with Crippen LogP contribution in [-0.2, 0) is 4.79 Å². The van der Waals surface area contributed by atoms with E-state index in [0.717, 1.165) is 32.7 Å². The van der Waals surface area contributed by atoms with E-state index in [0.29, 0.717) is 0 Å². The first-order valence-corrected chi connectivity index (χ1v) is 7.35. The Bertz CT molecular complexity index is 887. The maximum Gasteiger partial charge on any atom is 0.195 e. The molecule has 0 saturated carbocycles. The average molecular weight is 282 g/mol. The molecule has 0 heterocycles. The van der Waals surface area contributed by atoms with Gasteiger partial charge in [-0.1, -0.05) is 84.9 Å². The maximum atomic E-state index is 13.1. The van der Waals surface area contributed by atoms with Crippen molar-refractivity contribution in [2.45, 2.75) is 0 Å². The van der Waals surface area contributed by atoms with Crippen molar-refractivity contribution in [1.82, 2.24) is 0 Å². The Balaban J connectivity index is 2.08. The van der Waals surface area contributed by atoms with Crippen LogP contribution in [0.1, 0.15) is 11.1 Å². The molecule has 0 unspecified atom stereocenters. The van der Waals surface area contributed by atoms with Crippen molar-refractivity contribution in [3.05, 3.63) is 106 Å². The first-order chi connectivity index (χ1) is 10.9. The smallest absolute Gasteiger partial charge is 0.195 e. The number of rotatable bonds is 2. The van der Waals surface area contributed by atoms with Crippen LogP contribution in [0.4, 0.5) is 0 Å². The summed E-state index contributed by atoms with van der Waals surface area (Å²) in [5.41, 5.74) is 3.56. The second-order valence-electron chi connectivity index (χ2n) is 5.36. The van der Waals surface area contributed by atoms with E-state index < -0.39 is 0 Å². The molecule has 0 aliphatic heterocycles. The molecular formula is C21H14O. The second kappa shape index (κ2) is 5.12. The highest BCUT2D eigenvalue weighted by Gasteiger charge is 2.25. The van der Waals surface area contributed by atoms with Gasteiger partial charge in [-0.3, -0.25) is 4.79 Å². The van der Waals surface area contributed by atoms with Crippen LogP contribution in [0.3, 0.4) is 0 Å². The minimum Gasteiger partial charge on any atom is -0.289 e. The lowest BCUT2D eigenvalue weighted by Crippen LogP contribution is -2.23. The molecule has 104 valence electrons. The summed E-state index contributed by atoms with van der Waals surface area (Å²) in [6.07, 6.45) is 0. The van der Waals surface area contributed by atoms with Gasteiger partial charge in [0, 0.05) is 11.1 Å². The Morgan fingerprint density at radius 2 is 0.818 bits per heavy atom. The van der Waals surface area contributed by atoms with Crippen molar-refractivity contribution in [3.63, 3.8) is 0 Å². The van der Waals surface area contributed by atoms with E-state index in [1.807, 2.05) is 84.9 Å². The quantitative estimate of drug-likeness (QED) is 0.706. The monoisotopic (exact) mass is 282 g/mol. The highest BCUT2D eigenvalue weighted by atomic mass is 16.1. The summed E-state index contributed by atoms with van der Waals surface area (Å²) in [5.74, 6) is 0.110. The fourth-order valence-electron chi connectivity index (χ4n) is 3.07. The van der Waals surface area contributed by atoms with Gasteiger partial charge < -0.3 is 0 Å². The number of Topliss-reactive ketones (excluding diaryl/α,β-unsaturated/α-hetero) is 1. The zero-order valence-corrected chi connectivity index (χ0v) is 12.0. The molecule has 0 amide bonds. The number of ketones is 1. The van der Waals surface area contributed by atoms with Crippen LogP contribution in [0.25, 0.3) is 11.1 Å². The number of hydrogen-bond donors (Lipinski definition) is 0. The zero-order valence-electron chi connectivity index (χ0n) is 12.0. The zero-order chi connectivity index (χ0) is 14.9. The number of carbonyl (C=O) groups is 1. The van der Waals surface area contributed by atoms with Gasteiger partial charge in [0.1, 0.15) is 0 Å². The van der Waals surface area contributed by atoms with Crippen LogP contribution in [-0.4, -0.2) is 5.78 Å². The molecule has 0 fully saturated rings. The van der Waals surface area contributed by atoms with Crippen LogP contribution in [0, 0.1) is 0 Å². The van der Waals surface area contributed by atoms with Crippen LogP contribution >= 0.6 is 0 Å². The lowest BCUT2D eigenvalue weighted by Gasteiger charge is -2.05. The molecule has 0 aromatic heterocycles. The van der Waals surface area contributed by atoms with E-state index in [1.165, 1.54) is 0 Å². The molecule has 3 aromatic rings. The number of benzene rings is 3. The summed E-state index contributed by atoms with van der Waals surface area (Å²) in [6, 6.07) is 27.9. The standard InChI is InChI=1S/C21H14O/c22-21-19(15-9-3-1-4-10-15)17-13-7-8-14-18(17)20(21)16-11-5-2-6-12-16/h1-14H. The Morgan fingerprint density at radius 3 is 1.23 bits per heavy atom. The number of hydrogen-bond acceptors (Lipinski definition) is 1. The molecule has 4 rings (SSSR count). The van der Waals surface area contributed by atoms with E-state index in [9.17, 15) is 4.79 Å². The minimum absolute atomic E-state index is 0.110. The number of carbonyl (C=O) groups excluding carboxylic acids is 1. The minimum atomic E-state index is 0.110. The predicted octanol–water partition coefficient (Wildman–Crippen LogP) is 2.67. The van der Waals surface area contributed by atoms with Crippen molar-refractivity contribution in [1.29, 1.82) is 0 Å². The maximum absolute atomic E-state index is 13.1. The molecule has 3 aromatic carbocycles. The third-order valence-electron chi connectivity index (χ3n) is 4.04. The van der Waals surface area contributed by atoms with Crippen molar-refractivity contribution in [2.75, 3.05) is 0 Å². The molecular weight excluding hydrogens is 268 g/mol. The van der Waals surface area contributed by atoms with Crippen molar-refractivity contribution in [3.8, 4) is 0 Å². The Morgan fingerprint density at radius 1 is 0.455 bits per heavy atom. The van der Waals surface area contributed by atoms with E-state index in [4.69, 9.17) is 0 Å². The summed E-state index contributed by atoms with van der Waals surface area (Å²) in [4.78, 5) is 13.1. The van der Waals surface area contributed by atoms with Gasteiger partial charge in [0.2, 0.25) is 0 Å². The van der Waals surface area contributed by atoms with E-state index >= 15 is 0 Å². The van der Waals surface area contributed by atoms with Gasteiger partial charge in [-0.2, -0.15) is 0 Å². The predicted molar refractivity (Wildman–Crippen MR) is 88.6 cm³/mol. The van der Waals surface area contributed by atoms with E-state index in [1.54, 1.807) is 0 Å². The van der Waals surface area contributed by atoms with E-state index in [-0.39, 0.29) is 5.78 Å². The van der Waals surface area contributed by atoms with Crippen molar-refractivity contribution < 1.29 is 4.79 Å². The van der Waals surface area contributed by atoms with Crippen molar-refractivity contribution in [2.24, 2.45) is 0 Å². The Labute approximate surface area is 128 Å². The molecule has 0 saturated heterocycles. The molecule has 22 heavy (non-hydrogen) atoms. The molecule has 0 spiro atoms. The molecule has 1 aliphatic rings. The Hall–Kier alpha value is -2.93. The highest BCUT2D eigenvalue weighted by molar-refractivity contribution is 6.43. The van der Waals surface area contributed by atoms with Gasteiger partial charge in [0.05, 0.1) is 0 Å². The van der Waals surface area contributed by atoms with Crippen LogP contribution in [0.2, 0.25) is 0 Å².